The van der Waals surface area contributed by atoms with Gasteiger partial charge < -0.3 is 28.4 Å². The van der Waals surface area contributed by atoms with E-state index in [9.17, 15) is 4.79 Å². The van der Waals surface area contributed by atoms with Crippen LogP contribution in [0.25, 0.3) is 6.08 Å². The Morgan fingerprint density at radius 2 is 1.48 bits per heavy atom. The summed E-state index contributed by atoms with van der Waals surface area (Å²) in [7, 11) is 4.59. The van der Waals surface area contributed by atoms with Crippen molar-refractivity contribution in [3.05, 3.63) is 47.2 Å². The van der Waals surface area contributed by atoms with Crippen molar-refractivity contribution in [1.29, 1.82) is 0 Å². The van der Waals surface area contributed by atoms with Gasteiger partial charge in [-0.3, -0.25) is 0 Å². The van der Waals surface area contributed by atoms with E-state index < -0.39 is 5.97 Å². The van der Waals surface area contributed by atoms with Crippen LogP contribution in [0.15, 0.2) is 41.0 Å². The van der Waals surface area contributed by atoms with Crippen LogP contribution in [0.4, 0.5) is 0 Å². The maximum atomic E-state index is 12.5. The third kappa shape index (κ3) is 4.74. The van der Waals surface area contributed by atoms with Crippen molar-refractivity contribution in [2.75, 3.05) is 34.5 Å². The molecule has 0 atom stereocenters. The summed E-state index contributed by atoms with van der Waals surface area (Å²) in [6.07, 6.45) is 1.58. The molecule has 0 amide bonds. The van der Waals surface area contributed by atoms with Crippen LogP contribution in [0.3, 0.4) is 0 Å². The van der Waals surface area contributed by atoms with Gasteiger partial charge >= 0.3 is 5.97 Å². The molecule has 31 heavy (non-hydrogen) atoms. The fourth-order valence-corrected chi connectivity index (χ4v) is 3.03. The van der Waals surface area contributed by atoms with Crippen LogP contribution < -0.4 is 23.7 Å². The van der Waals surface area contributed by atoms with Gasteiger partial charge in [0, 0.05) is 17.2 Å². The van der Waals surface area contributed by atoms with Crippen molar-refractivity contribution in [3.63, 3.8) is 0 Å². The van der Waals surface area contributed by atoms with E-state index in [4.69, 9.17) is 28.4 Å². The lowest BCUT2D eigenvalue weighted by molar-refractivity contribution is -0.129. The predicted molar refractivity (Wildman–Crippen MR) is 115 cm³/mol. The number of hydrogen-bond acceptors (Lipinski definition) is 8. The van der Waals surface area contributed by atoms with Gasteiger partial charge in [0.25, 0.3) is 0 Å². The topological polar surface area (TPSA) is 84.8 Å². The van der Waals surface area contributed by atoms with E-state index in [0.717, 1.165) is 0 Å². The number of nitrogens with zero attached hydrogens (tertiary/aromatic N) is 1. The molecule has 0 aliphatic carbocycles. The van der Waals surface area contributed by atoms with Gasteiger partial charge in [-0.1, -0.05) is 0 Å². The minimum Gasteiger partial charge on any atom is -0.496 e. The average molecular weight is 427 g/mol. The molecule has 0 saturated heterocycles. The molecular formula is C23H25NO7. The Balaban J connectivity index is 1.99. The number of rotatable bonds is 9. The molecule has 1 aliphatic heterocycles. The first-order valence-corrected chi connectivity index (χ1v) is 9.77. The minimum atomic E-state index is -0.571. The summed E-state index contributed by atoms with van der Waals surface area (Å²) in [4.78, 5) is 16.8. The van der Waals surface area contributed by atoms with Crippen molar-refractivity contribution >= 4 is 17.9 Å². The third-order valence-corrected chi connectivity index (χ3v) is 4.44. The van der Waals surface area contributed by atoms with Gasteiger partial charge in [-0.05, 0) is 44.2 Å². The van der Waals surface area contributed by atoms with Crippen molar-refractivity contribution in [1.82, 2.24) is 0 Å². The standard InChI is InChI=1S/C23H25NO7/c1-6-29-17-9-8-14(11-21(17)30-7-2)22-24-16(23(25)31-22)10-15-12-19(27-4)20(28-5)13-18(15)26-3/h8-13H,6-7H2,1-5H3/b16-10+. The highest BCUT2D eigenvalue weighted by Crippen LogP contribution is 2.36. The number of esters is 1. The first-order chi connectivity index (χ1) is 15.0. The fraction of sp³-hybridized carbons (Fsp3) is 0.304. The molecule has 3 rings (SSSR count). The Labute approximate surface area is 181 Å². The smallest absolute Gasteiger partial charge is 0.363 e. The van der Waals surface area contributed by atoms with E-state index >= 15 is 0 Å². The van der Waals surface area contributed by atoms with E-state index in [-0.39, 0.29) is 11.6 Å². The molecule has 8 heteroatoms. The van der Waals surface area contributed by atoms with Crippen molar-refractivity contribution in [2.24, 2.45) is 4.99 Å². The van der Waals surface area contributed by atoms with E-state index in [1.807, 2.05) is 13.8 Å². The number of methoxy groups -OCH3 is 3. The first-order valence-electron chi connectivity index (χ1n) is 9.77. The molecule has 164 valence electrons. The molecule has 2 aromatic rings. The van der Waals surface area contributed by atoms with E-state index in [0.29, 0.717) is 53.1 Å². The molecule has 0 fully saturated rings. The summed E-state index contributed by atoms with van der Waals surface area (Å²) in [6, 6.07) is 8.64. The molecule has 1 aliphatic rings. The van der Waals surface area contributed by atoms with Gasteiger partial charge in [-0.15, -0.1) is 0 Å². The fourth-order valence-electron chi connectivity index (χ4n) is 3.03. The second-order valence-corrected chi connectivity index (χ2v) is 6.31. The molecule has 0 saturated carbocycles. The average Bonchev–Trinajstić information content (AvgIpc) is 3.15. The van der Waals surface area contributed by atoms with Crippen LogP contribution in [-0.2, 0) is 9.53 Å². The van der Waals surface area contributed by atoms with Crippen LogP contribution in [0.5, 0.6) is 28.7 Å². The molecule has 0 spiro atoms. The first kappa shape index (κ1) is 22.0. The number of aliphatic imine (C=N–C) groups is 1. The second kappa shape index (κ2) is 9.88. The Morgan fingerprint density at radius 3 is 2.13 bits per heavy atom. The highest BCUT2D eigenvalue weighted by Gasteiger charge is 2.26. The highest BCUT2D eigenvalue weighted by atomic mass is 16.6. The Kier molecular flexibility index (Phi) is 7.02. The largest absolute Gasteiger partial charge is 0.496 e. The van der Waals surface area contributed by atoms with Crippen LogP contribution in [-0.4, -0.2) is 46.4 Å². The van der Waals surface area contributed by atoms with Crippen LogP contribution >= 0.6 is 0 Å². The van der Waals surface area contributed by atoms with E-state index in [2.05, 4.69) is 4.99 Å². The number of hydrogen-bond donors (Lipinski definition) is 0. The van der Waals surface area contributed by atoms with E-state index in [1.54, 1.807) is 36.4 Å². The summed E-state index contributed by atoms with van der Waals surface area (Å²) in [6.45, 7) is 4.76. The molecule has 2 aromatic carbocycles. The van der Waals surface area contributed by atoms with Crippen molar-refractivity contribution < 1.29 is 33.2 Å². The van der Waals surface area contributed by atoms with Crippen molar-refractivity contribution in [2.45, 2.75) is 13.8 Å². The number of ether oxygens (including phenoxy) is 6. The molecule has 1 heterocycles. The molecule has 0 radical (unpaired) electrons. The van der Waals surface area contributed by atoms with E-state index in [1.165, 1.54) is 21.3 Å². The normalized spacial score (nSPS) is 14.2. The minimum absolute atomic E-state index is 0.132. The number of cyclic esters (lactones) is 1. The Hall–Kier alpha value is -3.68. The van der Waals surface area contributed by atoms with Crippen molar-refractivity contribution in [3.8, 4) is 28.7 Å². The molecule has 0 unspecified atom stereocenters. The maximum absolute atomic E-state index is 12.5. The lowest BCUT2D eigenvalue weighted by Crippen LogP contribution is -2.06. The molecular weight excluding hydrogens is 402 g/mol. The van der Waals surface area contributed by atoms with Crippen LogP contribution in [0, 0.1) is 0 Å². The molecule has 0 N–H and O–H groups in total. The quantitative estimate of drug-likeness (QED) is 0.444. The summed E-state index contributed by atoms with van der Waals surface area (Å²) >= 11 is 0. The van der Waals surface area contributed by atoms with Crippen LogP contribution in [0.2, 0.25) is 0 Å². The second-order valence-electron chi connectivity index (χ2n) is 6.31. The number of benzene rings is 2. The Morgan fingerprint density at radius 1 is 0.839 bits per heavy atom. The number of carbonyl (C=O) groups excluding carboxylic acids is 1. The molecule has 0 aromatic heterocycles. The summed E-state index contributed by atoms with van der Waals surface area (Å²) < 4.78 is 32.6. The van der Waals surface area contributed by atoms with Gasteiger partial charge in [0.05, 0.1) is 34.5 Å². The molecule has 8 nitrogen and oxygen atoms in total. The lowest BCUT2D eigenvalue weighted by Gasteiger charge is -2.12. The summed E-state index contributed by atoms with van der Waals surface area (Å²) in [5.41, 5.74) is 1.33. The Bertz CT molecular complexity index is 1030. The van der Waals surface area contributed by atoms with Gasteiger partial charge in [0.2, 0.25) is 5.90 Å². The highest BCUT2D eigenvalue weighted by molar-refractivity contribution is 6.13. The third-order valence-electron chi connectivity index (χ3n) is 4.44. The maximum Gasteiger partial charge on any atom is 0.363 e. The molecule has 0 bridgehead atoms. The zero-order chi connectivity index (χ0) is 22.4. The zero-order valence-corrected chi connectivity index (χ0v) is 18.2. The van der Waals surface area contributed by atoms with Gasteiger partial charge in [0.15, 0.2) is 28.7 Å². The SMILES string of the molecule is CCOc1ccc(C2=N/C(=C/c3cc(OC)c(OC)cc3OC)C(=O)O2)cc1OCC. The lowest BCUT2D eigenvalue weighted by atomic mass is 10.1. The van der Waals surface area contributed by atoms with Gasteiger partial charge in [0.1, 0.15) is 5.75 Å². The van der Waals surface area contributed by atoms with Gasteiger partial charge in [-0.25, -0.2) is 9.79 Å². The van der Waals surface area contributed by atoms with Crippen LogP contribution in [0.1, 0.15) is 25.0 Å². The zero-order valence-electron chi connectivity index (χ0n) is 18.2. The predicted octanol–water partition coefficient (Wildman–Crippen LogP) is 3.85. The summed E-state index contributed by atoms with van der Waals surface area (Å²) in [5, 5.41) is 0. The van der Waals surface area contributed by atoms with Gasteiger partial charge in [-0.2, -0.15) is 0 Å². The monoisotopic (exact) mass is 427 g/mol. The number of carbonyl (C=O) groups is 1. The summed E-state index contributed by atoms with van der Waals surface area (Å²) in [5.74, 6) is 2.29.